The number of hydrogen-bond acceptors (Lipinski definition) is 4. The van der Waals surface area contributed by atoms with E-state index in [0.29, 0.717) is 32.1 Å². The highest BCUT2D eigenvalue weighted by molar-refractivity contribution is 5.86. The standard InChI is InChI=1S/C27H30N2O5/c1-2-3-12-24(25(30)28-18-14-13-17(15-18)26(31)32)29-27(33)34-16-23-21-10-6-4-8-19(21)20-9-5-7-11-22(20)23/h2,4-11,17-18,23-24H,1,3,12-16H2,(H,28,30)(H,29,33)(H,31,32)/t17-,18+,24?/m1/s1. The monoisotopic (exact) mass is 462 g/mol. The van der Waals surface area contributed by atoms with Crippen LogP contribution in [0.25, 0.3) is 11.1 Å². The number of carboxylic acids is 1. The highest BCUT2D eigenvalue weighted by Gasteiger charge is 2.33. The van der Waals surface area contributed by atoms with Crippen molar-refractivity contribution in [3.63, 3.8) is 0 Å². The Balaban J connectivity index is 1.37. The topological polar surface area (TPSA) is 105 Å². The van der Waals surface area contributed by atoms with Gasteiger partial charge in [-0.1, -0.05) is 54.6 Å². The molecular formula is C27H30N2O5. The molecule has 1 saturated carbocycles. The Kier molecular flexibility index (Phi) is 7.30. The van der Waals surface area contributed by atoms with Crippen LogP contribution in [0.3, 0.4) is 0 Å². The van der Waals surface area contributed by atoms with Gasteiger partial charge >= 0.3 is 12.1 Å². The zero-order chi connectivity index (χ0) is 24.1. The van der Waals surface area contributed by atoms with Crippen molar-refractivity contribution in [2.45, 2.75) is 50.1 Å². The Morgan fingerprint density at radius 2 is 1.71 bits per heavy atom. The molecule has 4 rings (SSSR count). The summed E-state index contributed by atoms with van der Waals surface area (Å²) in [6, 6.07) is 15.2. The Hall–Kier alpha value is -3.61. The van der Waals surface area contributed by atoms with Crippen LogP contribution in [0.2, 0.25) is 0 Å². The lowest BCUT2D eigenvalue weighted by atomic mass is 9.98. The first-order valence-corrected chi connectivity index (χ1v) is 11.7. The summed E-state index contributed by atoms with van der Waals surface area (Å²) in [4.78, 5) is 36.7. The fourth-order valence-corrected chi connectivity index (χ4v) is 4.97. The molecule has 2 amide bonds. The summed E-state index contributed by atoms with van der Waals surface area (Å²) in [5.74, 6) is -1.67. The largest absolute Gasteiger partial charge is 0.481 e. The number of aliphatic carboxylic acids is 1. The maximum absolute atomic E-state index is 12.8. The first-order chi connectivity index (χ1) is 16.5. The number of nitrogens with one attached hydrogen (secondary N) is 2. The van der Waals surface area contributed by atoms with Crippen molar-refractivity contribution in [3.8, 4) is 11.1 Å². The second-order valence-corrected chi connectivity index (χ2v) is 8.94. The SMILES string of the molecule is C=CCCC(NC(=O)OCC1c2ccccc2-c2ccccc21)C(=O)N[C@H]1CC[C@@H](C(=O)O)C1. The predicted molar refractivity (Wildman–Crippen MR) is 128 cm³/mol. The second kappa shape index (κ2) is 10.5. The number of amides is 2. The first kappa shape index (κ1) is 23.5. The van der Waals surface area contributed by atoms with Gasteiger partial charge in [0.15, 0.2) is 0 Å². The van der Waals surface area contributed by atoms with Gasteiger partial charge in [0.1, 0.15) is 12.6 Å². The van der Waals surface area contributed by atoms with E-state index in [-0.39, 0.29) is 24.5 Å². The fourth-order valence-electron chi connectivity index (χ4n) is 4.97. The van der Waals surface area contributed by atoms with Gasteiger partial charge in [0.25, 0.3) is 0 Å². The molecule has 0 aliphatic heterocycles. The summed E-state index contributed by atoms with van der Waals surface area (Å²) in [7, 11) is 0. The Labute approximate surface area is 199 Å². The molecule has 3 N–H and O–H groups in total. The van der Waals surface area contributed by atoms with E-state index in [2.05, 4.69) is 29.3 Å². The summed E-state index contributed by atoms with van der Waals surface area (Å²) < 4.78 is 5.59. The smallest absolute Gasteiger partial charge is 0.407 e. The summed E-state index contributed by atoms with van der Waals surface area (Å²) in [5, 5.41) is 14.8. The first-order valence-electron chi connectivity index (χ1n) is 11.7. The van der Waals surface area contributed by atoms with Crippen molar-refractivity contribution in [2.75, 3.05) is 6.61 Å². The molecule has 34 heavy (non-hydrogen) atoms. The number of alkyl carbamates (subject to hydrolysis) is 1. The minimum Gasteiger partial charge on any atom is -0.481 e. The molecule has 0 heterocycles. The van der Waals surface area contributed by atoms with Crippen LogP contribution in [0.5, 0.6) is 0 Å². The number of carboxylic acid groups (broad SMARTS) is 1. The molecule has 3 atom stereocenters. The predicted octanol–water partition coefficient (Wildman–Crippen LogP) is 4.23. The molecule has 178 valence electrons. The zero-order valence-corrected chi connectivity index (χ0v) is 19.0. The number of fused-ring (bicyclic) bond motifs is 3. The van der Waals surface area contributed by atoms with Crippen LogP contribution in [-0.2, 0) is 14.3 Å². The molecule has 0 radical (unpaired) electrons. The van der Waals surface area contributed by atoms with E-state index in [4.69, 9.17) is 4.74 Å². The Morgan fingerprint density at radius 1 is 1.06 bits per heavy atom. The van der Waals surface area contributed by atoms with Crippen molar-refractivity contribution in [2.24, 2.45) is 5.92 Å². The van der Waals surface area contributed by atoms with Crippen LogP contribution in [-0.4, -0.2) is 41.8 Å². The van der Waals surface area contributed by atoms with Crippen molar-refractivity contribution in [3.05, 3.63) is 72.3 Å². The molecule has 2 aromatic rings. The van der Waals surface area contributed by atoms with Crippen LogP contribution >= 0.6 is 0 Å². The lowest BCUT2D eigenvalue weighted by Gasteiger charge is -2.21. The van der Waals surface area contributed by atoms with E-state index in [0.717, 1.165) is 22.3 Å². The van der Waals surface area contributed by atoms with Gasteiger partial charge in [-0.25, -0.2) is 4.79 Å². The molecule has 2 aliphatic carbocycles. The molecular weight excluding hydrogens is 432 g/mol. The second-order valence-electron chi connectivity index (χ2n) is 8.94. The normalized spacial score (nSPS) is 19.5. The molecule has 0 aromatic heterocycles. The van der Waals surface area contributed by atoms with Crippen LogP contribution in [0.1, 0.15) is 49.1 Å². The number of ether oxygens (including phenoxy) is 1. The molecule has 0 spiro atoms. The lowest BCUT2D eigenvalue weighted by Crippen LogP contribution is -2.49. The molecule has 2 aliphatic rings. The molecule has 1 unspecified atom stereocenters. The molecule has 0 bridgehead atoms. The fraction of sp³-hybridized carbons (Fsp3) is 0.370. The van der Waals surface area contributed by atoms with Crippen molar-refractivity contribution < 1.29 is 24.2 Å². The number of carbonyl (C=O) groups excluding carboxylic acids is 2. The zero-order valence-electron chi connectivity index (χ0n) is 19.0. The summed E-state index contributed by atoms with van der Waals surface area (Å²) in [6.07, 6.45) is 3.52. The quantitative estimate of drug-likeness (QED) is 0.484. The molecule has 7 nitrogen and oxygen atoms in total. The summed E-state index contributed by atoms with van der Waals surface area (Å²) >= 11 is 0. The van der Waals surface area contributed by atoms with Gasteiger partial charge in [-0.2, -0.15) is 0 Å². The summed E-state index contributed by atoms with van der Waals surface area (Å²) in [5.41, 5.74) is 4.52. The van der Waals surface area contributed by atoms with Gasteiger partial charge in [-0.15, -0.1) is 6.58 Å². The third-order valence-corrected chi connectivity index (χ3v) is 6.74. The van der Waals surface area contributed by atoms with E-state index in [9.17, 15) is 19.5 Å². The van der Waals surface area contributed by atoms with Gasteiger partial charge in [-0.05, 0) is 54.4 Å². The average molecular weight is 463 g/mol. The van der Waals surface area contributed by atoms with Gasteiger partial charge in [0.05, 0.1) is 5.92 Å². The Morgan fingerprint density at radius 3 is 2.29 bits per heavy atom. The highest BCUT2D eigenvalue weighted by atomic mass is 16.5. The van der Waals surface area contributed by atoms with E-state index < -0.39 is 24.0 Å². The van der Waals surface area contributed by atoms with Gasteiger partial charge in [-0.3, -0.25) is 9.59 Å². The highest BCUT2D eigenvalue weighted by Crippen LogP contribution is 2.44. The maximum Gasteiger partial charge on any atom is 0.407 e. The van der Waals surface area contributed by atoms with Crippen LogP contribution in [0.15, 0.2) is 61.2 Å². The van der Waals surface area contributed by atoms with Gasteiger partial charge < -0.3 is 20.5 Å². The minimum absolute atomic E-state index is 0.0648. The van der Waals surface area contributed by atoms with Crippen molar-refractivity contribution in [1.82, 2.24) is 10.6 Å². The van der Waals surface area contributed by atoms with E-state index >= 15 is 0 Å². The van der Waals surface area contributed by atoms with Crippen LogP contribution in [0.4, 0.5) is 4.79 Å². The van der Waals surface area contributed by atoms with Gasteiger partial charge in [0.2, 0.25) is 5.91 Å². The van der Waals surface area contributed by atoms with E-state index in [1.54, 1.807) is 6.08 Å². The molecule has 0 saturated heterocycles. The minimum atomic E-state index is -0.836. The third-order valence-electron chi connectivity index (χ3n) is 6.74. The molecule has 2 aromatic carbocycles. The van der Waals surface area contributed by atoms with Crippen molar-refractivity contribution >= 4 is 18.0 Å². The lowest BCUT2D eigenvalue weighted by molar-refractivity contribution is -0.141. The number of carbonyl (C=O) groups is 3. The van der Waals surface area contributed by atoms with Gasteiger partial charge in [0, 0.05) is 12.0 Å². The number of hydrogen-bond donors (Lipinski definition) is 3. The third kappa shape index (κ3) is 5.14. The number of benzene rings is 2. The molecule has 7 heteroatoms. The van der Waals surface area contributed by atoms with Crippen LogP contribution < -0.4 is 10.6 Å². The number of rotatable bonds is 9. The average Bonchev–Trinajstić information content (AvgIpc) is 3.43. The van der Waals surface area contributed by atoms with E-state index in [1.807, 2.05) is 36.4 Å². The van der Waals surface area contributed by atoms with E-state index in [1.165, 1.54) is 0 Å². The maximum atomic E-state index is 12.8. The number of allylic oxidation sites excluding steroid dienone is 1. The summed E-state index contributed by atoms with van der Waals surface area (Å²) in [6.45, 7) is 3.86. The Bertz CT molecular complexity index is 1040. The van der Waals surface area contributed by atoms with Crippen molar-refractivity contribution in [1.29, 1.82) is 0 Å². The van der Waals surface area contributed by atoms with Crippen LogP contribution in [0, 0.1) is 5.92 Å². The molecule has 1 fully saturated rings.